The van der Waals surface area contributed by atoms with Gasteiger partial charge in [-0.25, -0.2) is 0 Å². The van der Waals surface area contributed by atoms with E-state index in [9.17, 15) is 4.79 Å². The highest BCUT2D eigenvalue weighted by Gasteiger charge is 2.26. The van der Waals surface area contributed by atoms with Crippen molar-refractivity contribution >= 4 is 5.78 Å². The molecule has 0 fully saturated rings. The number of hydrogen-bond acceptors (Lipinski definition) is 1. The fourth-order valence-electron chi connectivity index (χ4n) is 3.31. The van der Waals surface area contributed by atoms with Crippen LogP contribution in [0.15, 0.2) is 24.3 Å². The third-order valence-corrected chi connectivity index (χ3v) is 4.36. The van der Waals surface area contributed by atoms with Gasteiger partial charge in [0.05, 0.1) is 0 Å². The van der Waals surface area contributed by atoms with Gasteiger partial charge in [0.2, 0.25) is 0 Å². The Kier molecular flexibility index (Phi) is 4.21. The van der Waals surface area contributed by atoms with E-state index in [1.54, 1.807) is 6.92 Å². The first-order valence-electron chi connectivity index (χ1n) is 7.18. The minimum Gasteiger partial charge on any atom is -0.300 e. The van der Waals surface area contributed by atoms with Crippen LogP contribution in [0.1, 0.15) is 57.1 Å². The van der Waals surface area contributed by atoms with Gasteiger partial charge in [-0.2, -0.15) is 0 Å². The Balaban J connectivity index is 2.18. The molecule has 0 saturated carbocycles. The van der Waals surface area contributed by atoms with Crippen LogP contribution in [0.2, 0.25) is 0 Å². The molecule has 1 heteroatoms. The van der Waals surface area contributed by atoms with E-state index in [0.29, 0.717) is 17.6 Å². The van der Waals surface area contributed by atoms with Crippen molar-refractivity contribution < 1.29 is 4.79 Å². The number of ketones is 1. The van der Waals surface area contributed by atoms with Crippen LogP contribution in [0.4, 0.5) is 0 Å². The molecule has 2 rings (SSSR count). The van der Waals surface area contributed by atoms with Crippen LogP contribution >= 0.6 is 0 Å². The molecule has 0 saturated heterocycles. The first kappa shape index (κ1) is 13.3. The van der Waals surface area contributed by atoms with E-state index in [-0.39, 0.29) is 5.92 Å². The van der Waals surface area contributed by atoms with Crippen LogP contribution in [-0.4, -0.2) is 5.78 Å². The largest absolute Gasteiger partial charge is 0.300 e. The van der Waals surface area contributed by atoms with Gasteiger partial charge in [-0.15, -0.1) is 0 Å². The summed E-state index contributed by atoms with van der Waals surface area (Å²) < 4.78 is 0. The molecule has 1 aromatic rings. The Labute approximate surface area is 111 Å². The summed E-state index contributed by atoms with van der Waals surface area (Å²) in [6, 6.07) is 8.78. The molecule has 0 bridgehead atoms. The van der Waals surface area contributed by atoms with E-state index < -0.39 is 0 Å². The summed E-state index contributed by atoms with van der Waals surface area (Å²) >= 11 is 0. The number of Topliss-reactive ketones (excluding diaryl/α,β-unsaturated/α-hetero) is 1. The molecule has 98 valence electrons. The Bertz CT molecular complexity index is 419. The van der Waals surface area contributed by atoms with Gasteiger partial charge in [0, 0.05) is 5.92 Å². The van der Waals surface area contributed by atoms with E-state index in [1.807, 2.05) is 0 Å². The van der Waals surface area contributed by atoms with Crippen LogP contribution in [0.5, 0.6) is 0 Å². The molecule has 1 nitrogen and oxygen atoms in total. The van der Waals surface area contributed by atoms with Gasteiger partial charge in [0.1, 0.15) is 5.78 Å². The monoisotopic (exact) mass is 244 g/mol. The molecule has 18 heavy (non-hydrogen) atoms. The van der Waals surface area contributed by atoms with Crippen LogP contribution in [-0.2, 0) is 11.2 Å². The maximum absolute atomic E-state index is 11.8. The lowest BCUT2D eigenvalue weighted by molar-refractivity contribution is -0.122. The molecule has 0 radical (unpaired) electrons. The van der Waals surface area contributed by atoms with Crippen molar-refractivity contribution in [1.29, 1.82) is 0 Å². The third kappa shape index (κ3) is 2.82. The average Bonchev–Trinajstić information content (AvgIpc) is 2.35. The van der Waals surface area contributed by atoms with Gasteiger partial charge in [0.25, 0.3) is 0 Å². The topological polar surface area (TPSA) is 17.1 Å². The average molecular weight is 244 g/mol. The van der Waals surface area contributed by atoms with Crippen LogP contribution in [0, 0.1) is 11.8 Å². The summed E-state index contributed by atoms with van der Waals surface area (Å²) in [6.45, 7) is 6.08. The smallest absolute Gasteiger partial charge is 0.133 e. The van der Waals surface area contributed by atoms with Crippen molar-refractivity contribution in [2.45, 2.75) is 52.4 Å². The number of carbonyl (C=O) groups is 1. The van der Waals surface area contributed by atoms with Crippen molar-refractivity contribution in [3.63, 3.8) is 0 Å². The molecular formula is C17H24O. The lowest BCUT2D eigenvalue weighted by Crippen LogP contribution is -2.22. The van der Waals surface area contributed by atoms with Gasteiger partial charge in [-0.3, -0.25) is 4.79 Å². The van der Waals surface area contributed by atoms with Crippen molar-refractivity contribution in [2.24, 2.45) is 11.8 Å². The number of carbonyl (C=O) groups excluding carboxylic acids is 1. The Morgan fingerprint density at radius 2 is 2.06 bits per heavy atom. The summed E-state index contributed by atoms with van der Waals surface area (Å²) in [5.41, 5.74) is 3.00. The molecule has 0 spiro atoms. The fourth-order valence-corrected chi connectivity index (χ4v) is 3.31. The van der Waals surface area contributed by atoms with E-state index in [2.05, 4.69) is 38.1 Å². The van der Waals surface area contributed by atoms with Crippen LogP contribution in [0.25, 0.3) is 0 Å². The lowest BCUT2D eigenvalue weighted by atomic mass is 9.75. The zero-order chi connectivity index (χ0) is 13.1. The number of benzene rings is 1. The predicted molar refractivity (Wildman–Crippen MR) is 75.7 cm³/mol. The second-order valence-corrected chi connectivity index (χ2v) is 5.98. The minimum atomic E-state index is 0.223. The molecule has 0 N–H and O–H groups in total. The zero-order valence-electron chi connectivity index (χ0n) is 11.8. The maximum atomic E-state index is 11.8. The predicted octanol–water partition coefficient (Wildman–Crippen LogP) is 4.36. The van der Waals surface area contributed by atoms with Gasteiger partial charge in [0.15, 0.2) is 0 Å². The highest BCUT2D eigenvalue weighted by atomic mass is 16.1. The first-order valence-corrected chi connectivity index (χ1v) is 7.18. The fraction of sp³-hybridized carbons (Fsp3) is 0.588. The summed E-state index contributed by atoms with van der Waals surface area (Å²) in [6.07, 6.45) is 4.75. The number of aryl methyl sites for hydroxylation is 1. The van der Waals surface area contributed by atoms with Gasteiger partial charge < -0.3 is 0 Å². The second-order valence-electron chi connectivity index (χ2n) is 5.98. The van der Waals surface area contributed by atoms with Crippen LogP contribution in [0.3, 0.4) is 0 Å². The molecule has 1 aromatic carbocycles. The number of fused-ring (bicyclic) bond motifs is 1. The second kappa shape index (κ2) is 5.69. The Morgan fingerprint density at radius 1 is 1.33 bits per heavy atom. The number of rotatable bonds is 4. The summed E-state index contributed by atoms with van der Waals surface area (Å²) in [4.78, 5) is 11.8. The Morgan fingerprint density at radius 3 is 2.72 bits per heavy atom. The molecule has 0 amide bonds. The highest BCUT2D eigenvalue weighted by Crippen LogP contribution is 2.37. The van der Waals surface area contributed by atoms with E-state index in [1.165, 1.54) is 30.4 Å². The molecule has 2 atom stereocenters. The summed E-state index contributed by atoms with van der Waals surface area (Å²) in [5, 5.41) is 0. The minimum absolute atomic E-state index is 0.223. The van der Waals surface area contributed by atoms with Crippen molar-refractivity contribution in [2.75, 3.05) is 0 Å². The van der Waals surface area contributed by atoms with E-state index in [4.69, 9.17) is 0 Å². The van der Waals surface area contributed by atoms with Gasteiger partial charge in [-0.05, 0) is 55.6 Å². The molecule has 2 unspecified atom stereocenters. The quantitative estimate of drug-likeness (QED) is 0.769. The normalized spacial score (nSPS) is 20.6. The lowest BCUT2D eigenvalue weighted by Gasteiger charge is -2.29. The van der Waals surface area contributed by atoms with Gasteiger partial charge in [-0.1, -0.05) is 38.1 Å². The van der Waals surface area contributed by atoms with Crippen molar-refractivity contribution in [3.8, 4) is 0 Å². The van der Waals surface area contributed by atoms with E-state index >= 15 is 0 Å². The standard InChI is InChI=1S/C17H24O/c1-12(2)17(13(3)18)11-15-9-6-8-14-7-4-5-10-16(14)15/h4-5,7,10,12,15,17H,6,8-9,11H2,1-3H3. The summed E-state index contributed by atoms with van der Waals surface area (Å²) in [5.74, 6) is 1.62. The third-order valence-electron chi connectivity index (χ3n) is 4.36. The SMILES string of the molecule is CC(=O)C(CC1CCCc2ccccc21)C(C)C. The molecule has 0 heterocycles. The first-order chi connectivity index (χ1) is 8.59. The van der Waals surface area contributed by atoms with Gasteiger partial charge >= 0.3 is 0 Å². The molecule has 1 aliphatic rings. The zero-order valence-corrected chi connectivity index (χ0v) is 11.8. The van der Waals surface area contributed by atoms with E-state index in [0.717, 1.165) is 6.42 Å². The highest BCUT2D eigenvalue weighted by molar-refractivity contribution is 5.78. The molecule has 0 aromatic heterocycles. The maximum Gasteiger partial charge on any atom is 0.133 e. The van der Waals surface area contributed by atoms with Crippen molar-refractivity contribution in [1.82, 2.24) is 0 Å². The van der Waals surface area contributed by atoms with Crippen LogP contribution < -0.4 is 0 Å². The molecule has 1 aliphatic carbocycles. The molecular weight excluding hydrogens is 220 g/mol. The summed E-state index contributed by atoms with van der Waals surface area (Å²) in [7, 11) is 0. The van der Waals surface area contributed by atoms with Crippen molar-refractivity contribution in [3.05, 3.63) is 35.4 Å². The Hall–Kier alpha value is -1.11. The molecule has 0 aliphatic heterocycles. The number of hydrogen-bond donors (Lipinski definition) is 0.